The lowest BCUT2D eigenvalue weighted by Gasteiger charge is -2.22. The minimum absolute atomic E-state index is 0.0930. The Balaban J connectivity index is 2.04. The van der Waals surface area contributed by atoms with Gasteiger partial charge in [0, 0.05) is 0 Å². The highest BCUT2D eigenvalue weighted by molar-refractivity contribution is 5.68. The standard InChI is InChI=1S/C15H21NO2/c1-10-5-7-12-11(9-10)6-8-13(12)16-14(17)18-15(2,3)4/h5,7,9,13H,6,8H2,1-4H3,(H,16,17)/t13-/m0/s1. The van der Waals surface area contributed by atoms with Crippen LogP contribution in [0.5, 0.6) is 0 Å². The van der Waals surface area contributed by atoms with E-state index >= 15 is 0 Å². The fraction of sp³-hybridized carbons (Fsp3) is 0.533. The summed E-state index contributed by atoms with van der Waals surface area (Å²) < 4.78 is 5.29. The van der Waals surface area contributed by atoms with Crippen molar-refractivity contribution in [2.45, 2.75) is 52.2 Å². The van der Waals surface area contributed by atoms with Gasteiger partial charge in [-0.1, -0.05) is 23.8 Å². The van der Waals surface area contributed by atoms with E-state index in [1.165, 1.54) is 16.7 Å². The van der Waals surface area contributed by atoms with Gasteiger partial charge in [0.1, 0.15) is 5.60 Å². The third-order valence-corrected chi connectivity index (χ3v) is 3.07. The van der Waals surface area contributed by atoms with Crippen molar-refractivity contribution in [3.63, 3.8) is 0 Å². The average molecular weight is 247 g/mol. The predicted molar refractivity (Wildman–Crippen MR) is 71.6 cm³/mol. The topological polar surface area (TPSA) is 38.3 Å². The maximum absolute atomic E-state index is 11.8. The molecule has 0 aliphatic heterocycles. The van der Waals surface area contributed by atoms with Crippen LogP contribution in [0.25, 0.3) is 0 Å². The second-order valence-electron chi connectivity index (χ2n) is 5.94. The molecule has 0 radical (unpaired) electrons. The number of hydrogen-bond donors (Lipinski definition) is 1. The zero-order valence-corrected chi connectivity index (χ0v) is 11.5. The van der Waals surface area contributed by atoms with Crippen LogP contribution in [-0.4, -0.2) is 11.7 Å². The number of nitrogens with one attached hydrogen (secondary N) is 1. The van der Waals surface area contributed by atoms with E-state index in [1.54, 1.807) is 0 Å². The van der Waals surface area contributed by atoms with Crippen LogP contribution in [0.2, 0.25) is 0 Å². The third kappa shape index (κ3) is 3.03. The van der Waals surface area contributed by atoms with Crippen molar-refractivity contribution in [1.29, 1.82) is 0 Å². The second-order valence-corrected chi connectivity index (χ2v) is 5.94. The molecule has 0 bridgehead atoms. The zero-order chi connectivity index (χ0) is 13.3. The first kappa shape index (κ1) is 12.9. The number of amides is 1. The predicted octanol–water partition coefficient (Wildman–Crippen LogP) is 3.51. The molecule has 0 saturated heterocycles. The van der Waals surface area contributed by atoms with E-state index in [-0.39, 0.29) is 12.1 Å². The van der Waals surface area contributed by atoms with Crippen LogP contribution < -0.4 is 5.32 Å². The third-order valence-electron chi connectivity index (χ3n) is 3.07. The maximum atomic E-state index is 11.8. The van der Waals surface area contributed by atoms with Gasteiger partial charge >= 0.3 is 6.09 Å². The van der Waals surface area contributed by atoms with Crippen LogP contribution in [0.1, 0.15) is 49.9 Å². The summed E-state index contributed by atoms with van der Waals surface area (Å²) in [5.41, 5.74) is 3.40. The van der Waals surface area contributed by atoms with Crippen molar-refractivity contribution in [2.24, 2.45) is 0 Å². The highest BCUT2D eigenvalue weighted by Gasteiger charge is 2.26. The number of carbonyl (C=O) groups is 1. The molecule has 0 fully saturated rings. The lowest BCUT2D eigenvalue weighted by Crippen LogP contribution is -2.34. The molecular weight excluding hydrogens is 226 g/mol. The van der Waals surface area contributed by atoms with E-state index in [0.29, 0.717) is 0 Å². The van der Waals surface area contributed by atoms with Gasteiger partial charge in [0.05, 0.1) is 6.04 Å². The fourth-order valence-electron chi connectivity index (χ4n) is 2.35. The highest BCUT2D eigenvalue weighted by Crippen LogP contribution is 2.31. The Kier molecular flexibility index (Phi) is 3.33. The van der Waals surface area contributed by atoms with Crippen molar-refractivity contribution in [1.82, 2.24) is 5.32 Å². The first-order chi connectivity index (χ1) is 8.35. The second kappa shape index (κ2) is 4.63. The van der Waals surface area contributed by atoms with E-state index in [4.69, 9.17) is 4.74 Å². The molecule has 1 amide bonds. The van der Waals surface area contributed by atoms with E-state index in [0.717, 1.165) is 12.8 Å². The van der Waals surface area contributed by atoms with Gasteiger partial charge < -0.3 is 10.1 Å². The highest BCUT2D eigenvalue weighted by atomic mass is 16.6. The first-order valence-electron chi connectivity index (χ1n) is 6.44. The minimum Gasteiger partial charge on any atom is -0.444 e. The molecule has 0 spiro atoms. The van der Waals surface area contributed by atoms with Crippen LogP contribution in [0.15, 0.2) is 18.2 Å². The summed E-state index contributed by atoms with van der Waals surface area (Å²) in [6, 6.07) is 6.50. The molecule has 98 valence electrons. The largest absolute Gasteiger partial charge is 0.444 e. The van der Waals surface area contributed by atoms with Crippen molar-refractivity contribution in [2.75, 3.05) is 0 Å². The van der Waals surface area contributed by atoms with Crippen LogP contribution in [0.3, 0.4) is 0 Å². The average Bonchev–Trinajstić information content (AvgIpc) is 2.57. The zero-order valence-electron chi connectivity index (χ0n) is 11.5. The van der Waals surface area contributed by atoms with Gasteiger partial charge in [-0.05, 0) is 51.7 Å². The van der Waals surface area contributed by atoms with E-state index in [2.05, 4.69) is 30.4 Å². The molecule has 1 aromatic rings. The van der Waals surface area contributed by atoms with Gasteiger partial charge in [-0.25, -0.2) is 4.79 Å². The lowest BCUT2D eigenvalue weighted by molar-refractivity contribution is 0.0504. The van der Waals surface area contributed by atoms with Gasteiger partial charge in [-0.3, -0.25) is 0 Å². The van der Waals surface area contributed by atoms with E-state index in [1.807, 2.05) is 20.8 Å². The minimum atomic E-state index is -0.446. The number of rotatable bonds is 1. The molecule has 2 rings (SSSR count). The van der Waals surface area contributed by atoms with Crippen LogP contribution in [0.4, 0.5) is 4.79 Å². The van der Waals surface area contributed by atoms with Crippen molar-refractivity contribution in [3.05, 3.63) is 34.9 Å². The van der Waals surface area contributed by atoms with Crippen LogP contribution in [0, 0.1) is 6.92 Å². The maximum Gasteiger partial charge on any atom is 0.408 e. The number of hydrogen-bond acceptors (Lipinski definition) is 2. The molecule has 3 nitrogen and oxygen atoms in total. The summed E-state index contributed by atoms with van der Waals surface area (Å²) in [4.78, 5) is 11.8. The summed E-state index contributed by atoms with van der Waals surface area (Å²) in [6.07, 6.45) is 1.65. The molecule has 1 aromatic carbocycles. The monoisotopic (exact) mass is 247 g/mol. The summed E-state index contributed by atoms with van der Waals surface area (Å²) in [5.74, 6) is 0. The lowest BCUT2D eigenvalue weighted by atomic mass is 10.1. The number of fused-ring (bicyclic) bond motifs is 1. The Bertz CT molecular complexity index is 460. The molecule has 1 N–H and O–H groups in total. The summed E-state index contributed by atoms with van der Waals surface area (Å²) in [5, 5.41) is 2.95. The Labute approximate surface area is 109 Å². The van der Waals surface area contributed by atoms with Crippen molar-refractivity contribution >= 4 is 6.09 Å². The molecule has 18 heavy (non-hydrogen) atoms. The molecule has 0 unspecified atom stereocenters. The Morgan fingerprint density at radius 3 is 2.78 bits per heavy atom. The van der Waals surface area contributed by atoms with E-state index < -0.39 is 5.60 Å². The Morgan fingerprint density at radius 2 is 2.11 bits per heavy atom. The van der Waals surface area contributed by atoms with Gasteiger partial charge in [-0.15, -0.1) is 0 Å². The van der Waals surface area contributed by atoms with E-state index in [9.17, 15) is 4.79 Å². The quantitative estimate of drug-likeness (QED) is 0.824. The number of alkyl carbamates (subject to hydrolysis) is 1. The number of benzene rings is 1. The van der Waals surface area contributed by atoms with Gasteiger partial charge in [0.15, 0.2) is 0 Å². The molecule has 1 aliphatic carbocycles. The van der Waals surface area contributed by atoms with Crippen LogP contribution in [-0.2, 0) is 11.2 Å². The number of aryl methyl sites for hydroxylation is 2. The first-order valence-corrected chi connectivity index (χ1v) is 6.44. The Hall–Kier alpha value is -1.51. The smallest absolute Gasteiger partial charge is 0.408 e. The Morgan fingerprint density at radius 1 is 1.39 bits per heavy atom. The van der Waals surface area contributed by atoms with Gasteiger partial charge in [0.25, 0.3) is 0 Å². The normalized spacial score (nSPS) is 18.3. The molecule has 0 heterocycles. The summed E-state index contributed by atoms with van der Waals surface area (Å²) >= 11 is 0. The van der Waals surface area contributed by atoms with Crippen molar-refractivity contribution < 1.29 is 9.53 Å². The molecule has 1 atom stereocenters. The summed E-state index contributed by atoms with van der Waals surface area (Å²) in [7, 11) is 0. The van der Waals surface area contributed by atoms with Crippen LogP contribution >= 0.6 is 0 Å². The molecule has 3 heteroatoms. The summed E-state index contributed by atoms with van der Waals surface area (Å²) in [6.45, 7) is 7.71. The van der Waals surface area contributed by atoms with Gasteiger partial charge in [-0.2, -0.15) is 0 Å². The molecule has 0 saturated carbocycles. The van der Waals surface area contributed by atoms with Crippen molar-refractivity contribution in [3.8, 4) is 0 Å². The SMILES string of the molecule is Cc1ccc2c(c1)CC[C@@H]2NC(=O)OC(C)(C)C. The number of ether oxygens (including phenoxy) is 1. The molecule has 0 aromatic heterocycles. The molecule has 1 aliphatic rings. The fourth-order valence-corrected chi connectivity index (χ4v) is 2.35. The molecular formula is C15H21NO2. The van der Waals surface area contributed by atoms with Gasteiger partial charge in [0.2, 0.25) is 0 Å². The number of carbonyl (C=O) groups excluding carboxylic acids is 1.